The molecule has 0 saturated heterocycles. The average molecular weight is 249 g/mol. The summed E-state index contributed by atoms with van der Waals surface area (Å²) in [6.07, 6.45) is 1.46. The molecule has 0 aliphatic rings. The molecule has 96 valence electrons. The van der Waals surface area contributed by atoms with E-state index in [1.54, 1.807) is 26.8 Å². The molecule has 0 spiro atoms. The number of halogens is 1. The quantitative estimate of drug-likeness (QED) is 0.908. The van der Waals surface area contributed by atoms with E-state index in [4.69, 9.17) is 0 Å². The van der Waals surface area contributed by atoms with E-state index in [9.17, 15) is 9.50 Å². The minimum absolute atomic E-state index is 0.261. The first-order valence-corrected chi connectivity index (χ1v) is 5.70. The SMILES string of the molecule is C=Cc1cc2nnn(CC(C)(C)O)c2c(C)c1F. The van der Waals surface area contributed by atoms with E-state index in [1.807, 2.05) is 0 Å². The molecule has 0 aliphatic heterocycles. The summed E-state index contributed by atoms with van der Waals surface area (Å²) in [5.41, 5.74) is 1.17. The number of rotatable bonds is 3. The fourth-order valence-electron chi connectivity index (χ4n) is 1.97. The Labute approximate surface area is 105 Å². The van der Waals surface area contributed by atoms with Crippen molar-refractivity contribution < 1.29 is 9.50 Å². The largest absolute Gasteiger partial charge is 0.389 e. The molecular weight excluding hydrogens is 233 g/mol. The molecule has 1 heterocycles. The standard InChI is InChI=1S/C13H16FN3O/c1-5-9-6-10-12(8(2)11(9)14)17(16-15-10)7-13(3,4)18/h5-6,18H,1,7H2,2-4H3. The van der Waals surface area contributed by atoms with Crippen LogP contribution in [0.1, 0.15) is 25.0 Å². The third-order valence-electron chi connectivity index (χ3n) is 2.75. The van der Waals surface area contributed by atoms with Crippen LogP contribution in [-0.2, 0) is 6.54 Å². The zero-order valence-electron chi connectivity index (χ0n) is 10.7. The average Bonchev–Trinajstić information content (AvgIpc) is 2.64. The molecule has 4 nitrogen and oxygen atoms in total. The van der Waals surface area contributed by atoms with Crippen LogP contribution in [0.3, 0.4) is 0 Å². The van der Waals surface area contributed by atoms with Crippen molar-refractivity contribution >= 4 is 17.1 Å². The maximum absolute atomic E-state index is 14.0. The third-order valence-corrected chi connectivity index (χ3v) is 2.75. The first-order chi connectivity index (χ1) is 8.33. The predicted octanol–water partition coefficient (Wildman–Crippen LogP) is 2.29. The van der Waals surface area contributed by atoms with Crippen molar-refractivity contribution in [2.75, 3.05) is 0 Å². The lowest BCUT2D eigenvalue weighted by molar-refractivity contribution is 0.0584. The highest BCUT2D eigenvalue weighted by Gasteiger charge is 2.19. The van der Waals surface area contributed by atoms with Crippen molar-refractivity contribution in [1.29, 1.82) is 0 Å². The van der Waals surface area contributed by atoms with Gasteiger partial charge in [-0.1, -0.05) is 17.9 Å². The van der Waals surface area contributed by atoms with E-state index >= 15 is 0 Å². The van der Waals surface area contributed by atoms with Gasteiger partial charge in [-0.2, -0.15) is 0 Å². The molecular formula is C13H16FN3O. The smallest absolute Gasteiger partial charge is 0.135 e. The summed E-state index contributed by atoms with van der Waals surface area (Å²) in [5, 5.41) is 17.8. The van der Waals surface area contributed by atoms with Crippen LogP contribution in [0.15, 0.2) is 12.6 Å². The van der Waals surface area contributed by atoms with Crippen LogP contribution in [0.25, 0.3) is 17.1 Å². The summed E-state index contributed by atoms with van der Waals surface area (Å²) in [6.45, 7) is 8.85. The minimum atomic E-state index is -0.930. The van der Waals surface area contributed by atoms with E-state index in [0.717, 1.165) is 0 Å². The Morgan fingerprint density at radius 3 is 2.78 bits per heavy atom. The van der Waals surface area contributed by atoms with E-state index in [0.29, 0.717) is 22.2 Å². The van der Waals surface area contributed by atoms with Crippen molar-refractivity contribution in [3.05, 3.63) is 29.6 Å². The van der Waals surface area contributed by atoms with Crippen LogP contribution in [0, 0.1) is 12.7 Å². The first-order valence-electron chi connectivity index (χ1n) is 5.70. The highest BCUT2D eigenvalue weighted by molar-refractivity contribution is 5.81. The maximum atomic E-state index is 14.0. The van der Waals surface area contributed by atoms with Crippen LogP contribution in [0.5, 0.6) is 0 Å². The Bertz CT molecular complexity index is 611. The molecule has 2 rings (SSSR count). The number of aromatic nitrogens is 3. The lowest BCUT2D eigenvalue weighted by atomic mass is 10.1. The molecule has 0 radical (unpaired) electrons. The van der Waals surface area contributed by atoms with Crippen molar-refractivity contribution in [3.8, 4) is 0 Å². The van der Waals surface area contributed by atoms with Crippen molar-refractivity contribution in [2.24, 2.45) is 0 Å². The fourth-order valence-corrected chi connectivity index (χ4v) is 1.97. The van der Waals surface area contributed by atoms with Gasteiger partial charge in [0.2, 0.25) is 0 Å². The molecule has 1 N–H and O–H groups in total. The minimum Gasteiger partial charge on any atom is -0.389 e. The molecule has 1 aromatic carbocycles. The molecule has 0 unspecified atom stereocenters. The van der Waals surface area contributed by atoms with Gasteiger partial charge < -0.3 is 5.11 Å². The fraction of sp³-hybridized carbons (Fsp3) is 0.385. The summed E-state index contributed by atoms with van der Waals surface area (Å²) < 4.78 is 15.5. The van der Waals surface area contributed by atoms with Gasteiger partial charge in [0, 0.05) is 11.1 Å². The Balaban J connectivity index is 2.66. The molecule has 0 aliphatic carbocycles. The Kier molecular flexibility index (Phi) is 2.94. The number of aryl methyl sites for hydroxylation is 1. The second-order valence-corrected chi connectivity index (χ2v) is 5.04. The lowest BCUT2D eigenvalue weighted by Crippen LogP contribution is -2.26. The molecule has 0 amide bonds. The zero-order valence-corrected chi connectivity index (χ0v) is 10.7. The highest BCUT2D eigenvalue weighted by atomic mass is 19.1. The molecule has 0 atom stereocenters. The van der Waals surface area contributed by atoms with Gasteiger partial charge in [0.25, 0.3) is 0 Å². The monoisotopic (exact) mass is 249 g/mol. The first kappa shape index (κ1) is 12.7. The number of hydrogen-bond acceptors (Lipinski definition) is 3. The molecule has 18 heavy (non-hydrogen) atoms. The topological polar surface area (TPSA) is 50.9 Å². The van der Waals surface area contributed by atoms with Crippen molar-refractivity contribution in [3.63, 3.8) is 0 Å². The summed E-state index contributed by atoms with van der Waals surface area (Å²) in [7, 11) is 0. The van der Waals surface area contributed by atoms with Crippen LogP contribution in [0.4, 0.5) is 4.39 Å². The van der Waals surface area contributed by atoms with Crippen molar-refractivity contribution in [1.82, 2.24) is 15.0 Å². The van der Waals surface area contributed by atoms with Gasteiger partial charge in [0.1, 0.15) is 11.3 Å². The van der Waals surface area contributed by atoms with Crippen LogP contribution < -0.4 is 0 Å². The zero-order chi connectivity index (χ0) is 13.5. The van der Waals surface area contributed by atoms with E-state index in [2.05, 4.69) is 16.9 Å². The van der Waals surface area contributed by atoms with Crippen LogP contribution in [-0.4, -0.2) is 25.7 Å². The second-order valence-electron chi connectivity index (χ2n) is 5.04. The molecule has 2 aromatic rings. The number of hydrogen-bond donors (Lipinski definition) is 1. The molecule has 0 bridgehead atoms. The van der Waals surface area contributed by atoms with Crippen LogP contribution >= 0.6 is 0 Å². The van der Waals surface area contributed by atoms with Crippen LogP contribution in [0.2, 0.25) is 0 Å². The second kappa shape index (κ2) is 4.17. The third kappa shape index (κ3) is 2.13. The summed E-state index contributed by atoms with van der Waals surface area (Å²) in [6, 6.07) is 1.61. The predicted molar refractivity (Wildman–Crippen MR) is 68.6 cm³/mol. The van der Waals surface area contributed by atoms with Gasteiger partial charge in [-0.05, 0) is 26.8 Å². The van der Waals surface area contributed by atoms with E-state index in [1.165, 1.54) is 10.8 Å². The number of fused-ring (bicyclic) bond motifs is 1. The summed E-state index contributed by atoms with van der Waals surface area (Å²) in [5.74, 6) is -0.322. The van der Waals surface area contributed by atoms with Gasteiger partial charge in [-0.15, -0.1) is 5.10 Å². The Morgan fingerprint density at radius 2 is 2.22 bits per heavy atom. The van der Waals surface area contributed by atoms with Crippen molar-refractivity contribution in [2.45, 2.75) is 32.9 Å². The molecule has 0 fully saturated rings. The van der Waals surface area contributed by atoms with E-state index in [-0.39, 0.29) is 12.4 Å². The Morgan fingerprint density at radius 1 is 1.56 bits per heavy atom. The number of nitrogens with zero attached hydrogens (tertiary/aromatic N) is 3. The maximum Gasteiger partial charge on any atom is 0.135 e. The van der Waals surface area contributed by atoms with Gasteiger partial charge in [-0.25, -0.2) is 9.07 Å². The van der Waals surface area contributed by atoms with Gasteiger partial charge in [-0.3, -0.25) is 0 Å². The lowest BCUT2D eigenvalue weighted by Gasteiger charge is -2.17. The Hall–Kier alpha value is -1.75. The molecule has 0 saturated carbocycles. The molecule has 1 aromatic heterocycles. The van der Waals surface area contributed by atoms with Gasteiger partial charge >= 0.3 is 0 Å². The van der Waals surface area contributed by atoms with E-state index < -0.39 is 5.60 Å². The highest BCUT2D eigenvalue weighted by Crippen LogP contribution is 2.24. The van der Waals surface area contributed by atoms with Gasteiger partial charge in [0.15, 0.2) is 0 Å². The number of aliphatic hydroxyl groups is 1. The summed E-state index contributed by atoms with van der Waals surface area (Å²) in [4.78, 5) is 0. The molecule has 5 heteroatoms. The number of benzene rings is 1. The normalized spacial score (nSPS) is 12.1. The summed E-state index contributed by atoms with van der Waals surface area (Å²) >= 11 is 0. The van der Waals surface area contributed by atoms with Gasteiger partial charge in [0.05, 0.1) is 17.7 Å².